The van der Waals surface area contributed by atoms with Crippen LogP contribution in [0.25, 0.3) is 10.8 Å². The van der Waals surface area contributed by atoms with E-state index in [0.717, 1.165) is 35.2 Å². The fourth-order valence-electron chi connectivity index (χ4n) is 4.25. The summed E-state index contributed by atoms with van der Waals surface area (Å²) >= 11 is 9.05. The van der Waals surface area contributed by atoms with Crippen LogP contribution in [0.15, 0.2) is 59.1 Å². The van der Waals surface area contributed by atoms with Crippen molar-refractivity contribution in [2.45, 2.75) is 13.3 Å². The molecule has 0 aromatic heterocycles. The highest BCUT2D eigenvalue weighted by Gasteiger charge is 2.23. The summed E-state index contributed by atoms with van der Waals surface area (Å²) in [5.74, 6) is 0.259. The van der Waals surface area contributed by atoms with E-state index in [1.165, 1.54) is 7.11 Å². The second-order valence-corrected chi connectivity index (χ2v) is 9.34. The standard InChI is InChI=1S/C26H27BrN4O3S/c1-3-22(32)31-14-12-30(13-15-31)21-11-7-6-10-20(21)28-26(35)29-25(33)19-16-17-8-4-5-9-18(17)23(27)24(19)34-2/h4-11,16H,3,12-15H2,1-2H3,(H2,28,29,33,35). The smallest absolute Gasteiger partial charge is 0.261 e. The molecule has 0 saturated carbocycles. The zero-order valence-electron chi connectivity index (χ0n) is 19.6. The molecule has 0 radical (unpaired) electrons. The number of thiocarbonyl (C=S) groups is 1. The molecule has 35 heavy (non-hydrogen) atoms. The third-order valence-corrected chi connectivity index (χ3v) is 7.04. The highest BCUT2D eigenvalue weighted by molar-refractivity contribution is 9.10. The predicted octanol–water partition coefficient (Wildman–Crippen LogP) is 4.80. The summed E-state index contributed by atoms with van der Waals surface area (Å²) in [5, 5.41) is 8.00. The van der Waals surface area contributed by atoms with E-state index < -0.39 is 0 Å². The van der Waals surface area contributed by atoms with Gasteiger partial charge in [-0.25, -0.2) is 0 Å². The summed E-state index contributed by atoms with van der Waals surface area (Å²) in [4.78, 5) is 29.3. The second kappa shape index (κ2) is 11.0. The van der Waals surface area contributed by atoms with Crippen LogP contribution in [0.2, 0.25) is 0 Å². The predicted molar refractivity (Wildman–Crippen MR) is 147 cm³/mol. The number of hydrogen-bond donors (Lipinski definition) is 2. The SMILES string of the molecule is CCC(=O)N1CCN(c2ccccc2NC(=S)NC(=O)c2cc3ccccc3c(Br)c2OC)CC1. The number of anilines is 2. The number of carbonyl (C=O) groups excluding carboxylic acids is 2. The third-order valence-electron chi connectivity index (χ3n) is 6.04. The molecule has 2 N–H and O–H groups in total. The maximum absolute atomic E-state index is 13.1. The van der Waals surface area contributed by atoms with Crippen molar-refractivity contribution in [3.63, 3.8) is 0 Å². The Hall–Kier alpha value is -3.17. The van der Waals surface area contributed by atoms with Crippen LogP contribution in [0.3, 0.4) is 0 Å². The summed E-state index contributed by atoms with van der Waals surface area (Å²) < 4.78 is 6.25. The van der Waals surface area contributed by atoms with Crippen molar-refractivity contribution in [3.05, 3.63) is 64.6 Å². The number of methoxy groups -OCH3 is 1. The Kier molecular flexibility index (Phi) is 7.87. The number of halogens is 1. The van der Waals surface area contributed by atoms with Crippen LogP contribution in [0, 0.1) is 0 Å². The van der Waals surface area contributed by atoms with Crippen molar-refractivity contribution in [1.82, 2.24) is 10.2 Å². The van der Waals surface area contributed by atoms with Gasteiger partial charge in [0.1, 0.15) is 5.75 Å². The quantitative estimate of drug-likeness (QED) is 0.441. The Labute approximate surface area is 218 Å². The second-order valence-electron chi connectivity index (χ2n) is 8.14. The van der Waals surface area contributed by atoms with Gasteiger partial charge in [-0.2, -0.15) is 0 Å². The van der Waals surface area contributed by atoms with Crippen molar-refractivity contribution in [2.24, 2.45) is 0 Å². The number of amides is 2. The van der Waals surface area contributed by atoms with E-state index in [1.54, 1.807) is 6.07 Å². The van der Waals surface area contributed by atoms with Gasteiger partial charge >= 0.3 is 0 Å². The maximum Gasteiger partial charge on any atom is 0.261 e. The van der Waals surface area contributed by atoms with Crippen LogP contribution in [0.4, 0.5) is 11.4 Å². The highest BCUT2D eigenvalue weighted by Crippen LogP contribution is 2.36. The molecule has 0 bridgehead atoms. The minimum absolute atomic E-state index is 0.177. The number of ether oxygens (including phenoxy) is 1. The molecule has 0 spiro atoms. The third kappa shape index (κ3) is 5.41. The molecule has 182 valence electrons. The minimum Gasteiger partial charge on any atom is -0.495 e. The number of benzene rings is 3. The number of para-hydroxylation sites is 2. The lowest BCUT2D eigenvalue weighted by molar-refractivity contribution is -0.131. The van der Waals surface area contributed by atoms with Gasteiger partial charge in [-0.1, -0.05) is 43.3 Å². The van der Waals surface area contributed by atoms with Crippen LogP contribution in [-0.2, 0) is 4.79 Å². The van der Waals surface area contributed by atoms with Crippen LogP contribution in [0.5, 0.6) is 5.75 Å². The summed E-state index contributed by atoms with van der Waals surface area (Å²) in [7, 11) is 1.53. The Balaban J connectivity index is 1.48. The first kappa shape index (κ1) is 24.9. The molecular formula is C26H27BrN4O3S. The molecule has 1 fully saturated rings. The number of hydrogen-bond acceptors (Lipinski definition) is 5. The van der Waals surface area contributed by atoms with Crippen molar-refractivity contribution in [2.75, 3.05) is 43.5 Å². The van der Waals surface area contributed by atoms with Gasteiger partial charge in [-0.15, -0.1) is 0 Å². The fraction of sp³-hybridized carbons (Fsp3) is 0.269. The summed E-state index contributed by atoms with van der Waals surface area (Å²) in [6, 6.07) is 17.4. The first-order valence-electron chi connectivity index (χ1n) is 11.4. The van der Waals surface area contributed by atoms with Crippen LogP contribution in [-0.4, -0.2) is 55.1 Å². The maximum atomic E-state index is 13.1. The fourth-order valence-corrected chi connectivity index (χ4v) is 5.19. The molecule has 0 unspecified atom stereocenters. The van der Waals surface area contributed by atoms with Gasteiger partial charge in [0, 0.05) is 32.6 Å². The van der Waals surface area contributed by atoms with Crippen LogP contribution in [0.1, 0.15) is 23.7 Å². The molecule has 4 rings (SSSR count). The molecule has 1 saturated heterocycles. The van der Waals surface area contributed by atoms with E-state index in [0.29, 0.717) is 35.3 Å². The molecule has 0 aliphatic carbocycles. The lowest BCUT2D eigenvalue weighted by Gasteiger charge is -2.37. The monoisotopic (exact) mass is 554 g/mol. The number of carbonyl (C=O) groups is 2. The Morgan fingerprint density at radius 2 is 1.74 bits per heavy atom. The van der Waals surface area contributed by atoms with E-state index in [-0.39, 0.29) is 16.9 Å². The van der Waals surface area contributed by atoms with Crippen molar-refractivity contribution in [3.8, 4) is 5.75 Å². The first-order valence-corrected chi connectivity index (χ1v) is 12.6. The lowest BCUT2D eigenvalue weighted by atomic mass is 10.1. The van der Waals surface area contributed by atoms with E-state index in [4.69, 9.17) is 17.0 Å². The number of piperazine rings is 1. The molecule has 2 amide bonds. The average Bonchev–Trinajstić information content (AvgIpc) is 2.88. The zero-order chi connectivity index (χ0) is 24.9. The topological polar surface area (TPSA) is 73.9 Å². The molecule has 0 atom stereocenters. The van der Waals surface area contributed by atoms with Crippen LogP contribution >= 0.6 is 28.1 Å². The van der Waals surface area contributed by atoms with E-state index in [1.807, 2.05) is 60.4 Å². The van der Waals surface area contributed by atoms with Crippen molar-refractivity contribution in [1.29, 1.82) is 0 Å². The Bertz CT molecular complexity index is 1270. The lowest BCUT2D eigenvalue weighted by Crippen LogP contribution is -2.48. The zero-order valence-corrected chi connectivity index (χ0v) is 22.0. The molecule has 1 aliphatic rings. The van der Waals surface area contributed by atoms with Gasteiger partial charge in [0.15, 0.2) is 5.11 Å². The molecule has 3 aromatic carbocycles. The van der Waals surface area contributed by atoms with Gasteiger partial charge in [0.05, 0.1) is 28.5 Å². The number of fused-ring (bicyclic) bond motifs is 1. The van der Waals surface area contributed by atoms with E-state index in [9.17, 15) is 9.59 Å². The van der Waals surface area contributed by atoms with Gasteiger partial charge in [0.25, 0.3) is 5.91 Å². The van der Waals surface area contributed by atoms with Gasteiger partial charge in [-0.3, -0.25) is 14.9 Å². The van der Waals surface area contributed by atoms with E-state index in [2.05, 4.69) is 31.5 Å². The molecular weight excluding hydrogens is 528 g/mol. The molecule has 1 heterocycles. The summed E-state index contributed by atoms with van der Waals surface area (Å²) in [5.41, 5.74) is 2.14. The van der Waals surface area contributed by atoms with Gasteiger partial charge in [-0.05, 0) is 57.1 Å². The normalized spacial score (nSPS) is 13.5. The molecule has 7 nitrogen and oxygen atoms in total. The molecule has 3 aromatic rings. The molecule has 9 heteroatoms. The first-order chi connectivity index (χ1) is 16.9. The van der Waals surface area contributed by atoms with Gasteiger partial charge in [0.2, 0.25) is 5.91 Å². The minimum atomic E-state index is -0.366. The van der Waals surface area contributed by atoms with Crippen molar-refractivity contribution >= 4 is 67.2 Å². The largest absolute Gasteiger partial charge is 0.495 e. The number of rotatable bonds is 5. The summed E-state index contributed by atoms with van der Waals surface area (Å²) in [6.07, 6.45) is 0.519. The Morgan fingerprint density at radius 1 is 1.06 bits per heavy atom. The van der Waals surface area contributed by atoms with Gasteiger partial charge < -0.3 is 19.9 Å². The highest BCUT2D eigenvalue weighted by atomic mass is 79.9. The average molecular weight is 555 g/mol. The number of nitrogens with zero attached hydrogens (tertiary/aromatic N) is 2. The van der Waals surface area contributed by atoms with Crippen LogP contribution < -0.4 is 20.3 Å². The summed E-state index contributed by atoms with van der Waals surface area (Å²) in [6.45, 7) is 4.70. The Morgan fingerprint density at radius 3 is 2.46 bits per heavy atom. The number of nitrogens with one attached hydrogen (secondary N) is 2. The molecule has 1 aliphatic heterocycles. The van der Waals surface area contributed by atoms with E-state index >= 15 is 0 Å². The van der Waals surface area contributed by atoms with Crippen molar-refractivity contribution < 1.29 is 14.3 Å².